The van der Waals surface area contributed by atoms with Crippen LogP contribution in [0.3, 0.4) is 0 Å². The van der Waals surface area contributed by atoms with E-state index in [1.54, 1.807) is 4.90 Å². The molecule has 278 valence electrons. The molecule has 0 bridgehead atoms. The molecule has 3 amide bonds. The lowest BCUT2D eigenvalue weighted by atomic mass is 10.0. The first kappa shape index (κ1) is 37.1. The summed E-state index contributed by atoms with van der Waals surface area (Å²) in [4.78, 5) is 57.2. The van der Waals surface area contributed by atoms with Crippen LogP contribution in [0.4, 0.5) is 25.1 Å². The van der Waals surface area contributed by atoms with Crippen molar-refractivity contribution >= 4 is 29.4 Å². The summed E-state index contributed by atoms with van der Waals surface area (Å²) in [5.41, 5.74) is -0.685. The first-order valence-electron chi connectivity index (χ1n) is 17.1. The normalized spacial score (nSPS) is 18.0. The molecule has 4 aromatic rings. The average molecular weight is 731 g/mol. The molecule has 1 saturated carbocycles. The van der Waals surface area contributed by atoms with Gasteiger partial charge in [-0.3, -0.25) is 29.6 Å². The standard InChI is InChI=1S/C38H40F2N6O7/c1-38(2,3)51-22-41-19-34(47)53-29-15-23-20-45(21-24(23)16-29)37(50)44-33-18-28(12-13-42-33)52-32-11-8-26(17-31(32)40)43-35(48)30-5-4-14-46(36(30)49)27-9-6-25(39)7-10-27/h4-14,17-18,23-24,29,41H,15-16,19-22H2,1-3H3,(H,43,48)(H,42,44,50). The van der Waals surface area contributed by atoms with E-state index in [4.69, 9.17) is 14.2 Å². The second kappa shape index (κ2) is 15.9. The minimum Gasteiger partial charge on any atom is -0.461 e. The number of urea groups is 1. The number of pyridine rings is 2. The summed E-state index contributed by atoms with van der Waals surface area (Å²) in [6.45, 7) is 7.13. The Bertz CT molecular complexity index is 2020. The maximum absolute atomic E-state index is 15.1. The maximum atomic E-state index is 15.1. The number of carbonyl (C=O) groups is 3. The molecule has 0 spiro atoms. The Hall–Kier alpha value is -5.67. The van der Waals surface area contributed by atoms with Gasteiger partial charge in [0.2, 0.25) is 0 Å². The number of halogens is 2. The Morgan fingerprint density at radius 3 is 2.38 bits per heavy atom. The van der Waals surface area contributed by atoms with Gasteiger partial charge in [-0.15, -0.1) is 0 Å². The largest absolute Gasteiger partial charge is 0.461 e. The Kier molecular flexibility index (Phi) is 11.1. The van der Waals surface area contributed by atoms with E-state index in [2.05, 4.69) is 20.9 Å². The third-order valence-electron chi connectivity index (χ3n) is 8.85. The van der Waals surface area contributed by atoms with Crippen molar-refractivity contribution < 1.29 is 37.4 Å². The number of ether oxygens (including phenoxy) is 3. The first-order chi connectivity index (χ1) is 25.3. The molecular weight excluding hydrogens is 690 g/mol. The van der Waals surface area contributed by atoms with Crippen LogP contribution in [0.25, 0.3) is 5.69 Å². The predicted octanol–water partition coefficient (Wildman–Crippen LogP) is 5.70. The zero-order valence-corrected chi connectivity index (χ0v) is 29.4. The second-order valence-corrected chi connectivity index (χ2v) is 13.9. The molecule has 2 aliphatic rings. The van der Waals surface area contributed by atoms with Gasteiger partial charge in [0.05, 0.1) is 18.9 Å². The van der Waals surface area contributed by atoms with Gasteiger partial charge in [-0.1, -0.05) is 0 Å². The highest BCUT2D eigenvalue weighted by Crippen LogP contribution is 2.39. The fourth-order valence-electron chi connectivity index (χ4n) is 6.34. The van der Waals surface area contributed by atoms with E-state index in [1.807, 2.05) is 20.8 Å². The topological polar surface area (TPSA) is 153 Å². The fourth-order valence-corrected chi connectivity index (χ4v) is 6.34. The molecule has 6 rings (SSSR count). The van der Waals surface area contributed by atoms with Gasteiger partial charge in [0, 0.05) is 49.0 Å². The Labute approximate surface area is 304 Å². The molecule has 2 atom stereocenters. The number of nitrogens with one attached hydrogen (secondary N) is 3. The van der Waals surface area contributed by atoms with Crippen LogP contribution in [0, 0.1) is 23.5 Å². The van der Waals surface area contributed by atoms with E-state index >= 15 is 4.39 Å². The van der Waals surface area contributed by atoms with E-state index in [0.717, 1.165) is 6.07 Å². The SMILES string of the molecule is CC(C)(C)OCNCC(=O)OC1CC2CN(C(=O)Nc3cc(Oc4ccc(NC(=O)c5cccn(-c6ccc(F)cc6)c5=O)cc4F)ccn3)CC2C1. The van der Waals surface area contributed by atoms with Gasteiger partial charge >= 0.3 is 12.0 Å². The molecule has 13 nitrogen and oxygen atoms in total. The van der Waals surface area contributed by atoms with Gasteiger partial charge in [0.25, 0.3) is 11.5 Å². The molecule has 2 aromatic carbocycles. The summed E-state index contributed by atoms with van der Waals surface area (Å²) in [6, 6.07) is 14.5. The van der Waals surface area contributed by atoms with Gasteiger partial charge in [-0.25, -0.2) is 18.6 Å². The quantitative estimate of drug-likeness (QED) is 0.100. The zero-order chi connectivity index (χ0) is 37.7. The summed E-state index contributed by atoms with van der Waals surface area (Å²) in [5, 5.41) is 8.22. The summed E-state index contributed by atoms with van der Waals surface area (Å²) in [6.07, 6.45) is 4.03. The van der Waals surface area contributed by atoms with Crippen molar-refractivity contribution in [1.82, 2.24) is 19.8 Å². The predicted molar refractivity (Wildman–Crippen MR) is 191 cm³/mol. The summed E-state index contributed by atoms with van der Waals surface area (Å²) in [7, 11) is 0. The molecule has 3 N–H and O–H groups in total. The second-order valence-electron chi connectivity index (χ2n) is 13.9. The van der Waals surface area contributed by atoms with Crippen molar-refractivity contribution in [3.05, 3.63) is 107 Å². The lowest BCUT2D eigenvalue weighted by Gasteiger charge is -2.21. The molecule has 1 aliphatic carbocycles. The number of likely N-dealkylation sites (tertiary alicyclic amines) is 1. The van der Waals surface area contributed by atoms with Crippen LogP contribution in [0.15, 0.2) is 83.9 Å². The van der Waals surface area contributed by atoms with E-state index in [0.29, 0.717) is 31.6 Å². The third kappa shape index (κ3) is 9.61. The van der Waals surface area contributed by atoms with Gasteiger partial charge in [-0.05, 0) is 100 Å². The van der Waals surface area contributed by atoms with Crippen molar-refractivity contribution in [3.63, 3.8) is 0 Å². The van der Waals surface area contributed by atoms with Crippen LogP contribution in [-0.2, 0) is 14.3 Å². The van der Waals surface area contributed by atoms with E-state index < -0.39 is 23.1 Å². The number of rotatable bonds is 11. The van der Waals surface area contributed by atoms with E-state index in [9.17, 15) is 23.6 Å². The monoisotopic (exact) mass is 730 g/mol. The number of hydrogen-bond donors (Lipinski definition) is 3. The number of anilines is 2. The molecular formula is C38H40F2N6O7. The van der Waals surface area contributed by atoms with Gasteiger partial charge < -0.3 is 24.4 Å². The van der Waals surface area contributed by atoms with Crippen LogP contribution < -0.4 is 26.2 Å². The molecule has 2 fully saturated rings. The third-order valence-corrected chi connectivity index (χ3v) is 8.85. The Balaban J connectivity index is 0.985. The van der Waals surface area contributed by atoms with Crippen LogP contribution in [-0.4, -0.2) is 70.4 Å². The number of fused-ring (bicyclic) bond motifs is 1. The van der Waals surface area contributed by atoms with Crippen molar-refractivity contribution in [2.75, 3.05) is 37.0 Å². The lowest BCUT2D eigenvalue weighted by Crippen LogP contribution is -2.35. The molecule has 2 aromatic heterocycles. The van der Waals surface area contributed by atoms with Crippen LogP contribution in [0.5, 0.6) is 11.5 Å². The number of esters is 1. The number of benzene rings is 2. The first-order valence-corrected chi connectivity index (χ1v) is 17.1. The van der Waals surface area contributed by atoms with Crippen molar-refractivity contribution in [1.29, 1.82) is 0 Å². The van der Waals surface area contributed by atoms with Gasteiger partial charge in [-0.2, -0.15) is 0 Å². The Morgan fingerprint density at radius 1 is 0.943 bits per heavy atom. The van der Waals surface area contributed by atoms with E-state index in [1.165, 1.54) is 77.6 Å². The van der Waals surface area contributed by atoms with Crippen molar-refractivity contribution in [3.8, 4) is 17.2 Å². The smallest absolute Gasteiger partial charge is 0.323 e. The minimum atomic E-state index is -0.791. The summed E-state index contributed by atoms with van der Waals surface area (Å²) >= 11 is 0. The van der Waals surface area contributed by atoms with Gasteiger partial charge in [0.1, 0.15) is 29.1 Å². The van der Waals surface area contributed by atoms with Gasteiger partial charge in [0.15, 0.2) is 11.6 Å². The molecule has 0 radical (unpaired) electrons. The molecule has 3 heterocycles. The Morgan fingerprint density at radius 2 is 1.68 bits per heavy atom. The molecule has 1 aliphatic heterocycles. The number of hydrogen-bond acceptors (Lipinski definition) is 9. The number of carbonyl (C=O) groups excluding carboxylic acids is 3. The number of amides is 3. The van der Waals surface area contributed by atoms with Crippen LogP contribution in [0.1, 0.15) is 44.0 Å². The zero-order valence-electron chi connectivity index (χ0n) is 29.4. The van der Waals surface area contributed by atoms with Crippen LogP contribution >= 0.6 is 0 Å². The van der Waals surface area contributed by atoms with Crippen LogP contribution in [0.2, 0.25) is 0 Å². The summed E-state index contributed by atoms with van der Waals surface area (Å²) < 4.78 is 46.6. The average Bonchev–Trinajstić information content (AvgIpc) is 3.67. The molecule has 1 saturated heterocycles. The fraction of sp³-hybridized carbons (Fsp3) is 0.342. The highest BCUT2D eigenvalue weighted by atomic mass is 19.1. The van der Waals surface area contributed by atoms with Crippen molar-refractivity contribution in [2.24, 2.45) is 11.8 Å². The highest BCUT2D eigenvalue weighted by Gasteiger charge is 2.43. The molecule has 2 unspecified atom stereocenters. The highest BCUT2D eigenvalue weighted by molar-refractivity contribution is 6.04. The molecule has 15 heteroatoms. The lowest BCUT2D eigenvalue weighted by molar-refractivity contribution is -0.148. The summed E-state index contributed by atoms with van der Waals surface area (Å²) in [5.74, 6) is -1.67. The molecule has 53 heavy (non-hydrogen) atoms. The number of aromatic nitrogens is 2. The van der Waals surface area contributed by atoms with E-state index in [-0.39, 0.29) is 77.4 Å². The number of nitrogens with zero attached hydrogens (tertiary/aromatic N) is 3. The minimum absolute atomic E-state index is 0.0589. The van der Waals surface area contributed by atoms with Crippen molar-refractivity contribution in [2.45, 2.75) is 45.3 Å². The maximum Gasteiger partial charge on any atom is 0.323 e.